The van der Waals surface area contributed by atoms with Crippen LogP contribution in [0, 0.1) is 0 Å². The molecule has 0 bridgehead atoms. The van der Waals surface area contributed by atoms with Gasteiger partial charge in [0.05, 0.1) is 24.2 Å². The number of methoxy groups -OCH3 is 1. The first-order valence-corrected chi connectivity index (χ1v) is 6.77. The number of thiocarbonyl (C=S) groups is 1. The average Bonchev–Trinajstić information content (AvgIpc) is 2.54. The number of benzene rings is 1. The summed E-state index contributed by atoms with van der Waals surface area (Å²) in [7, 11) is 1.61. The maximum absolute atomic E-state index is 5.25. The van der Waals surface area contributed by atoms with Gasteiger partial charge in [0.25, 0.3) is 0 Å². The second-order valence-corrected chi connectivity index (χ2v) is 4.59. The van der Waals surface area contributed by atoms with Crippen LogP contribution in [0.2, 0.25) is 0 Å². The molecule has 0 aliphatic rings. The van der Waals surface area contributed by atoms with E-state index in [0.29, 0.717) is 10.9 Å². The molecule has 0 spiro atoms. The number of para-hydroxylation sites is 2. The van der Waals surface area contributed by atoms with E-state index in [-0.39, 0.29) is 0 Å². The smallest absolute Gasteiger partial charge is 0.191 e. The maximum atomic E-state index is 5.25. The van der Waals surface area contributed by atoms with Gasteiger partial charge >= 0.3 is 0 Å². The molecule has 0 radical (unpaired) electrons. The predicted molar refractivity (Wildman–Crippen MR) is 88.8 cm³/mol. The van der Waals surface area contributed by atoms with Crippen molar-refractivity contribution < 1.29 is 4.74 Å². The molecule has 0 unspecified atom stereocenters. The summed E-state index contributed by atoms with van der Waals surface area (Å²) in [6, 6.07) is 13.2. The van der Waals surface area contributed by atoms with Crippen molar-refractivity contribution in [2.75, 3.05) is 12.4 Å². The molecule has 108 valence electrons. The Morgan fingerprint density at radius 2 is 1.95 bits per heavy atom. The van der Waals surface area contributed by atoms with Crippen molar-refractivity contribution in [3.63, 3.8) is 0 Å². The number of hydrogen-bond donors (Lipinski definition) is 2. The van der Waals surface area contributed by atoms with Gasteiger partial charge < -0.3 is 10.1 Å². The molecule has 1 aromatic carbocycles. The third-order valence-corrected chi connectivity index (χ3v) is 2.91. The molecule has 5 nitrogen and oxygen atoms in total. The van der Waals surface area contributed by atoms with E-state index in [1.54, 1.807) is 13.3 Å². The van der Waals surface area contributed by atoms with Gasteiger partial charge in [-0.05, 0) is 43.4 Å². The third-order valence-electron chi connectivity index (χ3n) is 2.72. The summed E-state index contributed by atoms with van der Waals surface area (Å²) >= 11 is 5.21. The highest BCUT2D eigenvalue weighted by atomic mass is 32.1. The van der Waals surface area contributed by atoms with Gasteiger partial charge in [0.2, 0.25) is 0 Å². The van der Waals surface area contributed by atoms with Crippen LogP contribution >= 0.6 is 12.2 Å². The zero-order valence-electron chi connectivity index (χ0n) is 11.8. The highest BCUT2D eigenvalue weighted by Crippen LogP contribution is 2.22. The molecule has 0 amide bonds. The van der Waals surface area contributed by atoms with Crippen LogP contribution in [0.4, 0.5) is 5.69 Å². The van der Waals surface area contributed by atoms with Gasteiger partial charge in [0, 0.05) is 6.20 Å². The number of ether oxygens (including phenoxy) is 1. The summed E-state index contributed by atoms with van der Waals surface area (Å²) in [5, 5.41) is 7.63. The number of anilines is 1. The Hall–Kier alpha value is -2.47. The van der Waals surface area contributed by atoms with Gasteiger partial charge in [-0.1, -0.05) is 18.2 Å². The number of hydrogen-bond acceptors (Lipinski definition) is 4. The molecular weight excluding hydrogens is 284 g/mol. The maximum Gasteiger partial charge on any atom is 0.191 e. The third kappa shape index (κ3) is 4.25. The van der Waals surface area contributed by atoms with Crippen molar-refractivity contribution in [1.29, 1.82) is 0 Å². The van der Waals surface area contributed by atoms with Crippen molar-refractivity contribution in [2.24, 2.45) is 5.10 Å². The average molecular weight is 300 g/mol. The van der Waals surface area contributed by atoms with E-state index in [4.69, 9.17) is 17.0 Å². The van der Waals surface area contributed by atoms with Crippen LogP contribution in [0.3, 0.4) is 0 Å². The summed E-state index contributed by atoms with van der Waals surface area (Å²) in [6.07, 6.45) is 1.72. The topological polar surface area (TPSA) is 58.5 Å². The minimum absolute atomic E-state index is 0.384. The zero-order valence-corrected chi connectivity index (χ0v) is 12.6. The molecule has 0 aliphatic heterocycles. The Morgan fingerprint density at radius 1 is 1.19 bits per heavy atom. The van der Waals surface area contributed by atoms with Crippen LogP contribution in [-0.4, -0.2) is 22.9 Å². The summed E-state index contributed by atoms with van der Waals surface area (Å²) < 4.78 is 5.25. The first-order valence-electron chi connectivity index (χ1n) is 6.36. The summed E-state index contributed by atoms with van der Waals surface area (Å²) in [4.78, 5) is 4.21. The molecule has 21 heavy (non-hydrogen) atoms. The highest BCUT2D eigenvalue weighted by molar-refractivity contribution is 7.80. The fourth-order valence-corrected chi connectivity index (χ4v) is 1.82. The van der Waals surface area contributed by atoms with E-state index >= 15 is 0 Å². The first-order chi connectivity index (χ1) is 10.2. The Balaban J connectivity index is 1.99. The molecular formula is C15H16N4OS. The van der Waals surface area contributed by atoms with Crippen LogP contribution in [-0.2, 0) is 0 Å². The van der Waals surface area contributed by atoms with Gasteiger partial charge in [-0.15, -0.1) is 0 Å². The van der Waals surface area contributed by atoms with E-state index < -0.39 is 0 Å². The number of rotatable bonds is 4. The van der Waals surface area contributed by atoms with Crippen LogP contribution in [0.25, 0.3) is 0 Å². The van der Waals surface area contributed by atoms with Gasteiger partial charge in [0.15, 0.2) is 5.11 Å². The Morgan fingerprint density at radius 3 is 2.67 bits per heavy atom. The zero-order chi connectivity index (χ0) is 15.1. The van der Waals surface area contributed by atoms with Crippen molar-refractivity contribution in [3.05, 3.63) is 54.4 Å². The lowest BCUT2D eigenvalue weighted by Gasteiger charge is -2.11. The second kappa shape index (κ2) is 7.35. The minimum Gasteiger partial charge on any atom is -0.495 e. The molecule has 0 fully saturated rings. The predicted octanol–water partition coefficient (Wildman–Crippen LogP) is 2.80. The van der Waals surface area contributed by atoms with Crippen LogP contribution in [0.1, 0.15) is 12.6 Å². The van der Waals surface area contributed by atoms with Crippen LogP contribution in [0.15, 0.2) is 53.8 Å². The number of aromatic nitrogens is 1. The Bertz CT molecular complexity index is 643. The van der Waals surface area contributed by atoms with E-state index in [1.165, 1.54) is 0 Å². The van der Waals surface area contributed by atoms with E-state index in [1.807, 2.05) is 49.4 Å². The lowest BCUT2D eigenvalue weighted by Crippen LogP contribution is -2.25. The van der Waals surface area contributed by atoms with E-state index in [2.05, 4.69) is 20.8 Å². The SMILES string of the molecule is COc1ccccc1NC(=S)N/N=C(/C)c1ccccn1. The molecule has 0 atom stereocenters. The minimum atomic E-state index is 0.384. The fraction of sp³-hybridized carbons (Fsp3) is 0.133. The van der Waals surface area contributed by atoms with Gasteiger partial charge in [-0.3, -0.25) is 10.4 Å². The van der Waals surface area contributed by atoms with Crippen molar-refractivity contribution in [1.82, 2.24) is 10.4 Å². The molecule has 0 aliphatic carbocycles. The number of pyridine rings is 1. The highest BCUT2D eigenvalue weighted by Gasteiger charge is 2.03. The molecule has 1 aromatic heterocycles. The first kappa shape index (κ1) is 14.9. The van der Waals surface area contributed by atoms with Crippen LogP contribution in [0.5, 0.6) is 5.75 Å². The lowest BCUT2D eigenvalue weighted by molar-refractivity contribution is 0.417. The van der Waals surface area contributed by atoms with Crippen molar-refractivity contribution >= 4 is 28.7 Å². The quantitative estimate of drug-likeness (QED) is 0.516. The molecule has 2 aromatic rings. The Labute approximate surface area is 129 Å². The van der Waals surface area contributed by atoms with E-state index in [9.17, 15) is 0 Å². The van der Waals surface area contributed by atoms with Crippen LogP contribution < -0.4 is 15.5 Å². The molecule has 0 saturated heterocycles. The molecule has 2 N–H and O–H groups in total. The van der Waals surface area contributed by atoms with E-state index in [0.717, 1.165) is 17.1 Å². The second-order valence-electron chi connectivity index (χ2n) is 4.18. The lowest BCUT2D eigenvalue weighted by atomic mass is 10.3. The Kier molecular flexibility index (Phi) is 5.22. The summed E-state index contributed by atoms with van der Waals surface area (Å²) in [6.45, 7) is 1.86. The van der Waals surface area contributed by atoms with Gasteiger partial charge in [-0.25, -0.2) is 0 Å². The number of nitrogens with zero attached hydrogens (tertiary/aromatic N) is 2. The monoisotopic (exact) mass is 300 g/mol. The summed E-state index contributed by atoms with van der Waals surface area (Å²) in [5.74, 6) is 0.715. The normalized spacial score (nSPS) is 10.9. The molecule has 6 heteroatoms. The fourth-order valence-electron chi connectivity index (χ4n) is 1.67. The molecule has 1 heterocycles. The standard InChI is InChI=1S/C15H16N4OS/c1-11(12-7-5-6-10-16-12)18-19-15(21)17-13-8-3-4-9-14(13)20-2/h3-10H,1-2H3,(H2,17,19,21)/b18-11-. The van der Waals surface area contributed by atoms with Crippen molar-refractivity contribution in [3.8, 4) is 5.75 Å². The van der Waals surface area contributed by atoms with Gasteiger partial charge in [-0.2, -0.15) is 5.10 Å². The largest absolute Gasteiger partial charge is 0.495 e. The summed E-state index contributed by atoms with van der Waals surface area (Å²) in [5.41, 5.74) is 5.12. The van der Waals surface area contributed by atoms with Gasteiger partial charge in [0.1, 0.15) is 5.75 Å². The number of hydrazone groups is 1. The number of nitrogens with one attached hydrogen (secondary N) is 2. The molecule has 2 rings (SSSR count). The van der Waals surface area contributed by atoms with Crippen molar-refractivity contribution in [2.45, 2.75) is 6.92 Å². The molecule has 0 saturated carbocycles.